The van der Waals surface area contributed by atoms with E-state index < -0.39 is 0 Å². The standard InChI is InChI=1S/C10H20N2O/c1-3-4-10(13)12-6-5-8(2)9(12)7-11/h8-9H,3-7,11H2,1-2H3. The van der Waals surface area contributed by atoms with Gasteiger partial charge in [-0.25, -0.2) is 0 Å². The highest BCUT2D eigenvalue weighted by Crippen LogP contribution is 2.23. The molecule has 1 fully saturated rings. The summed E-state index contributed by atoms with van der Waals surface area (Å²) in [6, 6.07) is 0.291. The molecule has 1 aliphatic rings. The van der Waals surface area contributed by atoms with Crippen LogP contribution in [0.4, 0.5) is 0 Å². The molecule has 76 valence electrons. The number of carbonyl (C=O) groups excluding carboxylic acids is 1. The zero-order valence-electron chi connectivity index (χ0n) is 8.62. The van der Waals surface area contributed by atoms with Crippen molar-refractivity contribution in [1.29, 1.82) is 0 Å². The highest BCUT2D eigenvalue weighted by molar-refractivity contribution is 5.76. The van der Waals surface area contributed by atoms with Gasteiger partial charge in [-0.2, -0.15) is 0 Å². The third-order valence-corrected chi connectivity index (χ3v) is 2.91. The molecule has 1 amide bonds. The van der Waals surface area contributed by atoms with Gasteiger partial charge in [-0.05, 0) is 18.8 Å². The molecule has 0 bridgehead atoms. The molecule has 1 saturated heterocycles. The van der Waals surface area contributed by atoms with Gasteiger partial charge < -0.3 is 10.6 Å². The van der Waals surface area contributed by atoms with Gasteiger partial charge in [0.05, 0.1) is 0 Å². The maximum absolute atomic E-state index is 11.6. The summed E-state index contributed by atoms with van der Waals surface area (Å²) in [5, 5.41) is 0. The minimum atomic E-state index is 0.280. The first-order chi connectivity index (χ1) is 6.20. The zero-order chi connectivity index (χ0) is 9.84. The van der Waals surface area contributed by atoms with E-state index in [0.29, 0.717) is 24.9 Å². The quantitative estimate of drug-likeness (QED) is 0.710. The fraction of sp³-hybridized carbons (Fsp3) is 0.900. The molecule has 2 atom stereocenters. The second kappa shape index (κ2) is 4.61. The number of amides is 1. The van der Waals surface area contributed by atoms with E-state index in [1.807, 2.05) is 11.8 Å². The van der Waals surface area contributed by atoms with Crippen molar-refractivity contribution in [3.05, 3.63) is 0 Å². The van der Waals surface area contributed by atoms with E-state index in [1.54, 1.807) is 0 Å². The second-order valence-electron chi connectivity index (χ2n) is 3.91. The van der Waals surface area contributed by atoms with Crippen LogP contribution in [-0.2, 0) is 4.79 Å². The minimum Gasteiger partial charge on any atom is -0.338 e. The first-order valence-electron chi connectivity index (χ1n) is 5.20. The lowest BCUT2D eigenvalue weighted by Gasteiger charge is -2.25. The monoisotopic (exact) mass is 184 g/mol. The Bertz CT molecular complexity index is 182. The molecule has 2 unspecified atom stereocenters. The Balaban J connectivity index is 2.54. The van der Waals surface area contributed by atoms with Crippen LogP contribution in [0, 0.1) is 5.92 Å². The van der Waals surface area contributed by atoms with Gasteiger partial charge in [0.1, 0.15) is 0 Å². The van der Waals surface area contributed by atoms with Crippen molar-refractivity contribution in [2.75, 3.05) is 13.1 Å². The normalized spacial score (nSPS) is 28.1. The summed E-state index contributed by atoms with van der Waals surface area (Å²) in [4.78, 5) is 13.6. The van der Waals surface area contributed by atoms with E-state index in [0.717, 1.165) is 19.4 Å². The molecule has 0 aromatic rings. The zero-order valence-corrected chi connectivity index (χ0v) is 8.62. The van der Waals surface area contributed by atoms with Gasteiger partial charge in [0.2, 0.25) is 5.91 Å². The molecule has 1 heterocycles. The van der Waals surface area contributed by atoms with E-state index in [1.165, 1.54) is 0 Å². The first-order valence-corrected chi connectivity index (χ1v) is 5.20. The lowest BCUT2D eigenvalue weighted by Crippen LogP contribution is -2.42. The van der Waals surface area contributed by atoms with Gasteiger partial charge in [-0.3, -0.25) is 4.79 Å². The van der Waals surface area contributed by atoms with E-state index in [2.05, 4.69) is 6.92 Å². The summed E-state index contributed by atoms with van der Waals surface area (Å²) in [5.41, 5.74) is 5.65. The van der Waals surface area contributed by atoms with Crippen molar-refractivity contribution in [1.82, 2.24) is 4.90 Å². The Kier molecular flexibility index (Phi) is 3.72. The average Bonchev–Trinajstić information content (AvgIpc) is 2.47. The van der Waals surface area contributed by atoms with Crippen molar-refractivity contribution in [2.45, 2.75) is 39.2 Å². The lowest BCUT2D eigenvalue weighted by molar-refractivity contribution is -0.132. The lowest BCUT2D eigenvalue weighted by atomic mass is 10.0. The van der Waals surface area contributed by atoms with Crippen molar-refractivity contribution < 1.29 is 4.79 Å². The number of hydrogen-bond donors (Lipinski definition) is 1. The topological polar surface area (TPSA) is 46.3 Å². The van der Waals surface area contributed by atoms with E-state index in [9.17, 15) is 4.79 Å². The Hall–Kier alpha value is -0.570. The number of likely N-dealkylation sites (tertiary alicyclic amines) is 1. The fourth-order valence-electron chi connectivity index (χ4n) is 2.03. The average molecular weight is 184 g/mol. The predicted octanol–water partition coefficient (Wildman–Crippen LogP) is 0.982. The smallest absolute Gasteiger partial charge is 0.222 e. The van der Waals surface area contributed by atoms with Crippen LogP contribution in [0.5, 0.6) is 0 Å². The summed E-state index contributed by atoms with van der Waals surface area (Å²) < 4.78 is 0. The van der Waals surface area contributed by atoms with Crippen LogP contribution in [0.15, 0.2) is 0 Å². The molecule has 0 aromatic heterocycles. The van der Waals surface area contributed by atoms with Crippen LogP contribution in [0.25, 0.3) is 0 Å². The largest absolute Gasteiger partial charge is 0.338 e. The Morgan fingerprint density at radius 1 is 1.62 bits per heavy atom. The predicted molar refractivity (Wildman–Crippen MR) is 53.2 cm³/mol. The molecule has 3 heteroatoms. The van der Waals surface area contributed by atoms with Crippen LogP contribution in [0.2, 0.25) is 0 Å². The van der Waals surface area contributed by atoms with Gasteiger partial charge >= 0.3 is 0 Å². The Morgan fingerprint density at radius 3 is 2.85 bits per heavy atom. The summed E-state index contributed by atoms with van der Waals surface area (Å²) in [7, 11) is 0. The minimum absolute atomic E-state index is 0.280. The molecule has 1 rings (SSSR count). The van der Waals surface area contributed by atoms with Gasteiger partial charge in [0.25, 0.3) is 0 Å². The van der Waals surface area contributed by atoms with E-state index in [-0.39, 0.29) is 5.91 Å². The van der Waals surface area contributed by atoms with E-state index in [4.69, 9.17) is 5.73 Å². The van der Waals surface area contributed by atoms with Crippen LogP contribution in [0.3, 0.4) is 0 Å². The van der Waals surface area contributed by atoms with Crippen LogP contribution >= 0.6 is 0 Å². The Labute approximate surface area is 80.3 Å². The third-order valence-electron chi connectivity index (χ3n) is 2.91. The summed E-state index contributed by atoms with van der Waals surface area (Å²) in [6.45, 7) is 5.73. The number of carbonyl (C=O) groups is 1. The van der Waals surface area contributed by atoms with Crippen LogP contribution in [-0.4, -0.2) is 29.9 Å². The summed E-state index contributed by atoms with van der Waals surface area (Å²) >= 11 is 0. The van der Waals surface area contributed by atoms with Gasteiger partial charge in [-0.15, -0.1) is 0 Å². The number of rotatable bonds is 3. The van der Waals surface area contributed by atoms with Gasteiger partial charge in [0, 0.05) is 25.6 Å². The number of nitrogens with two attached hydrogens (primary N) is 1. The highest BCUT2D eigenvalue weighted by Gasteiger charge is 2.32. The second-order valence-corrected chi connectivity index (χ2v) is 3.91. The van der Waals surface area contributed by atoms with Gasteiger partial charge in [0.15, 0.2) is 0 Å². The van der Waals surface area contributed by atoms with Crippen molar-refractivity contribution in [2.24, 2.45) is 11.7 Å². The first kappa shape index (κ1) is 10.5. The van der Waals surface area contributed by atoms with Crippen molar-refractivity contribution in [3.63, 3.8) is 0 Å². The molecule has 13 heavy (non-hydrogen) atoms. The molecule has 0 radical (unpaired) electrons. The molecular weight excluding hydrogens is 164 g/mol. The summed E-state index contributed by atoms with van der Waals surface area (Å²) in [6.07, 6.45) is 2.71. The molecule has 1 aliphatic heterocycles. The van der Waals surface area contributed by atoms with Crippen LogP contribution < -0.4 is 5.73 Å². The maximum Gasteiger partial charge on any atom is 0.222 e. The maximum atomic E-state index is 11.6. The third kappa shape index (κ3) is 2.21. The number of nitrogens with zero attached hydrogens (tertiary/aromatic N) is 1. The SMILES string of the molecule is CCCC(=O)N1CCC(C)C1CN. The van der Waals surface area contributed by atoms with Gasteiger partial charge in [-0.1, -0.05) is 13.8 Å². The molecule has 3 nitrogen and oxygen atoms in total. The Morgan fingerprint density at radius 2 is 2.31 bits per heavy atom. The molecule has 0 aliphatic carbocycles. The van der Waals surface area contributed by atoms with Crippen molar-refractivity contribution in [3.8, 4) is 0 Å². The highest BCUT2D eigenvalue weighted by atomic mass is 16.2. The fourth-order valence-corrected chi connectivity index (χ4v) is 2.03. The van der Waals surface area contributed by atoms with Crippen molar-refractivity contribution >= 4 is 5.91 Å². The number of hydrogen-bond acceptors (Lipinski definition) is 2. The molecule has 0 aromatic carbocycles. The molecular formula is C10H20N2O. The molecule has 0 saturated carbocycles. The van der Waals surface area contributed by atoms with Crippen LogP contribution in [0.1, 0.15) is 33.1 Å². The van der Waals surface area contributed by atoms with E-state index >= 15 is 0 Å². The molecule has 2 N–H and O–H groups in total. The molecule has 0 spiro atoms. The summed E-state index contributed by atoms with van der Waals surface area (Å²) in [5.74, 6) is 0.855.